The lowest BCUT2D eigenvalue weighted by molar-refractivity contribution is 0.270. The van der Waals surface area contributed by atoms with Gasteiger partial charge in [0.25, 0.3) is 0 Å². The van der Waals surface area contributed by atoms with Gasteiger partial charge >= 0.3 is 7.60 Å². The highest BCUT2D eigenvalue weighted by Crippen LogP contribution is 2.58. The highest BCUT2D eigenvalue weighted by atomic mass is 31.2. The van der Waals surface area contributed by atoms with Crippen molar-refractivity contribution in [1.29, 1.82) is 0 Å². The molecule has 0 aromatic heterocycles. The molecule has 0 aliphatic carbocycles. The Morgan fingerprint density at radius 1 is 0.792 bits per heavy atom. The van der Waals surface area contributed by atoms with Crippen LogP contribution in [0.2, 0.25) is 0 Å². The number of rotatable bonds is 10. The van der Waals surface area contributed by atoms with Crippen molar-refractivity contribution in [2.45, 2.75) is 13.8 Å². The second-order valence-electron chi connectivity index (χ2n) is 4.73. The maximum Gasteiger partial charge on any atom is 0.439 e. The monoisotopic (exact) mass is 368 g/mol. The first-order valence-corrected chi connectivity index (χ1v) is 10.9. The zero-order valence-electron chi connectivity index (χ0n) is 13.8. The molecular formula is C17H22O5P2. The van der Waals surface area contributed by atoms with E-state index in [-0.39, 0.29) is 5.90 Å². The first kappa shape index (κ1) is 19.0. The molecule has 0 heterocycles. The van der Waals surface area contributed by atoms with Crippen LogP contribution in [-0.4, -0.2) is 19.1 Å². The molecule has 0 atom stereocenters. The summed E-state index contributed by atoms with van der Waals surface area (Å²) in [5, 5.41) is 0. The molecule has 0 saturated carbocycles. The van der Waals surface area contributed by atoms with E-state index in [1.807, 2.05) is 50.2 Å². The summed E-state index contributed by atoms with van der Waals surface area (Å²) in [7, 11) is -4.85. The molecule has 0 unspecified atom stereocenters. The summed E-state index contributed by atoms with van der Waals surface area (Å²) < 4.78 is 35.9. The summed E-state index contributed by atoms with van der Waals surface area (Å²) in [6.07, 6.45) is 0. The van der Waals surface area contributed by atoms with Crippen molar-refractivity contribution < 1.29 is 22.7 Å². The van der Waals surface area contributed by atoms with Crippen molar-refractivity contribution in [2.24, 2.45) is 0 Å². The minimum atomic E-state index is -3.50. The van der Waals surface area contributed by atoms with Crippen LogP contribution in [0.25, 0.3) is 0 Å². The Morgan fingerprint density at radius 2 is 1.21 bits per heavy atom. The molecule has 7 heteroatoms. The van der Waals surface area contributed by atoms with Crippen LogP contribution < -0.4 is 9.05 Å². The lowest BCUT2D eigenvalue weighted by atomic mass is 10.3. The standard InChI is InChI=1S/C17H22O5P2/c1-3-19-23(20-4-2)15-24(18,21-16-11-7-5-8-12-16)22-17-13-9-6-10-14-17/h5-14H,3-4,15H2,1-2H3. The van der Waals surface area contributed by atoms with Crippen LogP contribution in [0, 0.1) is 0 Å². The summed E-state index contributed by atoms with van der Waals surface area (Å²) in [4.78, 5) is 0. The fraction of sp³-hybridized carbons (Fsp3) is 0.294. The van der Waals surface area contributed by atoms with Crippen molar-refractivity contribution in [1.82, 2.24) is 0 Å². The van der Waals surface area contributed by atoms with Crippen molar-refractivity contribution in [3.8, 4) is 11.5 Å². The Bertz CT molecular complexity index is 584. The molecule has 0 spiro atoms. The molecule has 0 aliphatic heterocycles. The molecule has 0 fully saturated rings. The average Bonchev–Trinajstić information content (AvgIpc) is 2.57. The largest absolute Gasteiger partial charge is 0.439 e. The Kier molecular flexibility index (Phi) is 7.74. The van der Waals surface area contributed by atoms with E-state index in [1.54, 1.807) is 24.3 Å². The molecule has 0 amide bonds. The molecule has 0 N–H and O–H groups in total. The molecule has 0 saturated heterocycles. The molecule has 0 bridgehead atoms. The van der Waals surface area contributed by atoms with Gasteiger partial charge in [-0.05, 0) is 38.1 Å². The highest BCUT2D eigenvalue weighted by molar-refractivity contribution is 7.69. The first-order valence-electron chi connectivity index (χ1n) is 7.77. The van der Waals surface area contributed by atoms with Crippen LogP contribution in [0.5, 0.6) is 11.5 Å². The van der Waals surface area contributed by atoms with Crippen molar-refractivity contribution >= 4 is 16.0 Å². The summed E-state index contributed by atoms with van der Waals surface area (Å²) in [6, 6.07) is 18.0. The zero-order chi connectivity index (χ0) is 17.3. The summed E-state index contributed by atoms with van der Waals surface area (Å²) in [6.45, 7) is 4.69. The molecule has 24 heavy (non-hydrogen) atoms. The second kappa shape index (κ2) is 9.80. The average molecular weight is 368 g/mol. The molecule has 0 aliphatic rings. The quantitative estimate of drug-likeness (QED) is 0.505. The molecule has 130 valence electrons. The Balaban J connectivity index is 2.20. The van der Waals surface area contributed by atoms with Gasteiger partial charge in [0.2, 0.25) is 0 Å². The van der Waals surface area contributed by atoms with Gasteiger partial charge in [-0.25, -0.2) is 4.57 Å². The topological polar surface area (TPSA) is 54.0 Å². The van der Waals surface area contributed by atoms with Crippen LogP contribution in [0.3, 0.4) is 0 Å². The van der Waals surface area contributed by atoms with Gasteiger partial charge < -0.3 is 18.1 Å². The third kappa shape index (κ3) is 6.26. The second-order valence-corrected chi connectivity index (χ2v) is 8.63. The fourth-order valence-electron chi connectivity index (χ4n) is 1.91. The number of hydrogen-bond acceptors (Lipinski definition) is 5. The van der Waals surface area contributed by atoms with Crippen LogP contribution in [0.15, 0.2) is 60.7 Å². The zero-order valence-corrected chi connectivity index (χ0v) is 15.6. The minimum absolute atomic E-state index is 0.0633. The van der Waals surface area contributed by atoms with Gasteiger partial charge in [0, 0.05) is 0 Å². The van der Waals surface area contributed by atoms with Crippen molar-refractivity contribution in [2.75, 3.05) is 19.1 Å². The van der Waals surface area contributed by atoms with E-state index in [0.29, 0.717) is 24.7 Å². The third-order valence-corrected chi connectivity index (χ3v) is 7.19. The minimum Gasteiger partial charge on any atom is -0.416 e. The maximum atomic E-state index is 13.3. The Hall–Kier alpha value is -1.38. The molecule has 5 nitrogen and oxygen atoms in total. The molecular weight excluding hydrogens is 346 g/mol. The van der Waals surface area contributed by atoms with Crippen LogP contribution in [-0.2, 0) is 13.6 Å². The third-order valence-electron chi connectivity index (χ3n) is 2.81. The van der Waals surface area contributed by atoms with E-state index >= 15 is 0 Å². The maximum absolute atomic E-state index is 13.3. The number of benzene rings is 2. The smallest absolute Gasteiger partial charge is 0.416 e. The number of para-hydroxylation sites is 2. The summed E-state index contributed by atoms with van der Waals surface area (Å²) in [5.74, 6) is 1.03. The lowest BCUT2D eigenvalue weighted by Gasteiger charge is -2.23. The SMILES string of the molecule is CCOP(CP(=O)(Oc1ccccc1)Oc1ccccc1)OCC. The van der Waals surface area contributed by atoms with Gasteiger partial charge in [0.05, 0.1) is 13.2 Å². The normalized spacial score (nSPS) is 11.5. The predicted molar refractivity (Wildman–Crippen MR) is 96.8 cm³/mol. The predicted octanol–water partition coefficient (Wildman–Crippen LogP) is 5.68. The lowest BCUT2D eigenvalue weighted by Crippen LogP contribution is -2.07. The van der Waals surface area contributed by atoms with E-state index in [4.69, 9.17) is 18.1 Å². The first-order chi connectivity index (χ1) is 11.6. The van der Waals surface area contributed by atoms with Gasteiger partial charge in [-0.3, -0.25) is 0 Å². The Morgan fingerprint density at radius 3 is 1.58 bits per heavy atom. The summed E-state index contributed by atoms with van der Waals surface area (Å²) >= 11 is 0. The number of hydrogen-bond donors (Lipinski definition) is 0. The van der Waals surface area contributed by atoms with Crippen LogP contribution in [0.4, 0.5) is 0 Å². The van der Waals surface area contributed by atoms with E-state index < -0.39 is 16.0 Å². The highest BCUT2D eigenvalue weighted by Gasteiger charge is 2.34. The molecule has 2 aromatic rings. The van der Waals surface area contributed by atoms with Gasteiger partial charge in [0.15, 0.2) is 8.38 Å². The van der Waals surface area contributed by atoms with Crippen molar-refractivity contribution in [3.05, 3.63) is 60.7 Å². The fourth-order valence-corrected chi connectivity index (χ4v) is 5.73. The van der Waals surface area contributed by atoms with Gasteiger partial charge in [-0.2, -0.15) is 0 Å². The molecule has 2 aromatic carbocycles. The van der Waals surface area contributed by atoms with Gasteiger partial charge in [0.1, 0.15) is 17.4 Å². The van der Waals surface area contributed by atoms with E-state index in [1.165, 1.54) is 0 Å². The van der Waals surface area contributed by atoms with Crippen LogP contribution >= 0.6 is 16.0 Å². The van der Waals surface area contributed by atoms with Crippen molar-refractivity contribution in [3.63, 3.8) is 0 Å². The molecule has 2 rings (SSSR count). The van der Waals surface area contributed by atoms with E-state index in [2.05, 4.69) is 0 Å². The molecule has 0 radical (unpaired) electrons. The van der Waals surface area contributed by atoms with E-state index in [0.717, 1.165) is 0 Å². The van der Waals surface area contributed by atoms with Crippen LogP contribution in [0.1, 0.15) is 13.8 Å². The summed E-state index contributed by atoms with van der Waals surface area (Å²) in [5.41, 5.74) is 0. The Labute approximate surface area is 144 Å². The van der Waals surface area contributed by atoms with Gasteiger partial charge in [-0.15, -0.1) is 0 Å². The van der Waals surface area contributed by atoms with E-state index in [9.17, 15) is 4.57 Å². The van der Waals surface area contributed by atoms with Gasteiger partial charge in [-0.1, -0.05) is 36.4 Å².